The highest BCUT2D eigenvalue weighted by Crippen LogP contribution is 2.29. The van der Waals surface area contributed by atoms with Gasteiger partial charge in [0.25, 0.3) is 0 Å². The number of aliphatic carboxylic acids is 2. The van der Waals surface area contributed by atoms with Crippen LogP contribution in [0, 0.1) is 36.0 Å². The first kappa shape index (κ1) is 117. The molecular formula is C98H137N23O22S. The zero-order chi connectivity index (χ0) is 106. The Hall–Kier alpha value is -14.3. The van der Waals surface area contributed by atoms with Gasteiger partial charge in [-0.15, -0.1) is 18.2 Å². The lowest BCUT2D eigenvalue weighted by molar-refractivity contribution is -0.142. The van der Waals surface area contributed by atoms with E-state index in [1.807, 2.05) is 30.3 Å². The van der Waals surface area contributed by atoms with Crippen molar-refractivity contribution in [3.8, 4) is 29.2 Å². The van der Waals surface area contributed by atoms with E-state index < -0.39 is 265 Å². The molecule has 16 atom stereocenters. The van der Waals surface area contributed by atoms with Crippen LogP contribution in [-0.2, 0) is 106 Å². The second-order valence-corrected chi connectivity index (χ2v) is 37.8. The molecule has 1 saturated heterocycles. The van der Waals surface area contributed by atoms with Crippen molar-refractivity contribution in [2.24, 2.45) is 51.7 Å². The van der Waals surface area contributed by atoms with Gasteiger partial charge in [-0.2, -0.15) is 0 Å². The number of aromatic amines is 1. The van der Waals surface area contributed by atoms with Crippen molar-refractivity contribution >= 4 is 129 Å². The number of nitrogens with zero attached hydrogens (tertiary/aromatic N) is 3. The molecule has 0 radical (unpaired) electrons. The fraction of sp³-hybridized carbons (Fsp3) is 0.531. The van der Waals surface area contributed by atoms with E-state index in [0.29, 0.717) is 52.2 Å². The van der Waals surface area contributed by atoms with Gasteiger partial charge in [0, 0.05) is 66.5 Å². The fourth-order valence-corrected chi connectivity index (χ4v) is 17.2. The van der Waals surface area contributed by atoms with Crippen LogP contribution in [0.25, 0.3) is 32.5 Å². The van der Waals surface area contributed by atoms with Crippen molar-refractivity contribution < 1.29 is 106 Å². The van der Waals surface area contributed by atoms with Gasteiger partial charge < -0.3 is 128 Å². The number of carboxylic acid groups (broad SMARTS) is 2. The van der Waals surface area contributed by atoms with E-state index in [1.165, 1.54) is 58.2 Å². The first-order valence-electron chi connectivity index (χ1n) is 48.1. The lowest BCUT2D eigenvalue weighted by Crippen LogP contribution is -2.63. The number of aromatic nitrogens is 1. The number of benzene rings is 4. The van der Waals surface area contributed by atoms with Crippen LogP contribution in [-0.4, -0.2) is 268 Å². The number of H-pyrrole nitrogens is 1. The Balaban J connectivity index is 1.35. The summed E-state index contributed by atoms with van der Waals surface area (Å²) in [6, 6.07) is 3.33. The molecule has 144 heavy (non-hydrogen) atoms. The minimum Gasteiger partial charge on any atom is -0.481 e. The van der Waals surface area contributed by atoms with Crippen molar-refractivity contribution in [2.45, 2.75) is 261 Å². The third-order valence-electron chi connectivity index (χ3n) is 24.2. The number of carboxylic acids is 2. The Morgan fingerprint density at radius 2 is 1.00 bits per heavy atom. The number of hydrogen-bond acceptors (Lipinski definition) is 25. The third-order valence-corrected chi connectivity index (χ3v) is 25.3. The number of hydrogen-bond donors (Lipinski definition) is 23. The topological polar surface area (TPSA) is 726 Å². The maximum Gasteiger partial charge on any atom is 0.305 e. The second kappa shape index (κ2) is 59.6. The van der Waals surface area contributed by atoms with Crippen molar-refractivity contribution in [1.82, 2.24) is 84.7 Å². The first-order valence-corrected chi connectivity index (χ1v) is 49.3. The summed E-state index contributed by atoms with van der Waals surface area (Å²) in [7, 11) is 0. The normalized spacial score (nSPS) is 23.4. The lowest BCUT2D eigenvalue weighted by atomic mass is 9.84. The summed E-state index contributed by atoms with van der Waals surface area (Å²) in [5, 5.41) is 74.7. The zero-order valence-corrected chi connectivity index (χ0v) is 82.7. The first-order chi connectivity index (χ1) is 68.6. The van der Waals surface area contributed by atoms with Gasteiger partial charge in [0.2, 0.25) is 94.5 Å². The highest BCUT2D eigenvalue weighted by molar-refractivity contribution is 8.00. The van der Waals surface area contributed by atoms with Gasteiger partial charge in [0.05, 0.1) is 18.3 Å². The van der Waals surface area contributed by atoms with Crippen LogP contribution in [0.2, 0.25) is 0 Å². The Morgan fingerprint density at radius 3 is 1.55 bits per heavy atom. The largest absolute Gasteiger partial charge is 0.481 e. The predicted octanol–water partition coefficient (Wildman–Crippen LogP) is -0.435. The summed E-state index contributed by atoms with van der Waals surface area (Å²) >= 11 is 0.651. The molecule has 45 nitrogen and oxygen atoms in total. The average Bonchev–Trinajstić information content (AvgIpc) is 1.78. The number of amides is 16. The maximum atomic E-state index is 15.4. The standard InChI is InChI=1S/C98H137N23O22S/c1-9-42-143-63-34-30-59(31-35-63)46-71-90(134)115-75(48-80(126)127)91(135)114-74(47-62-50-104-65-25-17-16-24-64(62)65)93(137)118-81(54(4)5)96(140)116-72(45-58-28-32-61(33-29-58)60-22-14-11-15-23-60)89(133)109-68(36-37-79(124)125)86(130)108-67(26-18-39-99)85(129)111-70(43-53(2)3)88(132)110-69(38-40-100)87(131)112-73(44-57-20-12-10-13-21-57)92(136)119-82(55(6)7)97(141)120-83(56(8)122)98(142)117-77(51-144-52-78(123)106-76(49-101)94(138)113-71)95(139)107-66(84(102)128)27-19-41-105-121-103/h1,11,14-17,22-25,28-35,50,53-57,66-77,81-83,104,122H,10,12-13,18-21,26-27,36-49,51-52,99-101H2,2-8H3,(H2,102,128)(H,106,123)(H,107,139)(H,108,130)(H,109,133)(H,110,132)(H,111,129)(H,112,131)(H,113,138)(H,114,135)(H,115,134)(H,116,140)(H,117,142)(H,118,137)(H,119,136)(H,120,141)(H,124,125)(H,126,127)/t56-,66+,67+,68+,69+,70-,71+,72+,73+,74+,75+,76+,77+,81+,82+,83+/m1/s1. The lowest BCUT2D eigenvalue weighted by Gasteiger charge is -2.31. The quantitative estimate of drug-likeness (QED) is 0.00816. The van der Waals surface area contributed by atoms with Crippen molar-refractivity contribution in [1.29, 1.82) is 0 Å². The number of rotatable bonds is 34. The zero-order valence-electron chi connectivity index (χ0n) is 81.9. The molecule has 0 bridgehead atoms. The van der Waals surface area contributed by atoms with Gasteiger partial charge in [-0.05, 0) is 147 Å². The smallest absolute Gasteiger partial charge is 0.305 e. The van der Waals surface area contributed by atoms with E-state index in [9.17, 15) is 68.1 Å². The molecule has 2 aliphatic rings. The monoisotopic (exact) mass is 2020 g/mol. The van der Waals surface area contributed by atoms with Crippen molar-refractivity contribution in [3.05, 3.63) is 136 Å². The van der Waals surface area contributed by atoms with Gasteiger partial charge >= 0.3 is 11.9 Å². The third kappa shape index (κ3) is 38.2. The van der Waals surface area contributed by atoms with E-state index in [1.54, 1.807) is 62.4 Å². The number of primary amides is 1. The van der Waals surface area contributed by atoms with Crippen LogP contribution < -0.4 is 107 Å². The molecule has 27 N–H and O–H groups in total. The highest BCUT2D eigenvalue weighted by atomic mass is 32.2. The van der Waals surface area contributed by atoms with Gasteiger partial charge in [-0.1, -0.05) is 170 Å². The van der Waals surface area contributed by atoms with Crippen molar-refractivity contribution in [2.75, 3.05) is 44.3 Å². The molecule has 16 amide bonds. The Morgan fingerprint density at radius 1 is 0.521 bits per heavy atom. The Kier molecular flexibility index (Phi) is 48.3. The Bertz CT molecular complexity index is 5320. The molecule has 46 heteroatoms. The fourth-order valence-electron chi connectivity index (χ4n) is 16.4. The molecule has 4 aromatic carbocycles. The molecule has 1 aliphatic heterocycles. The maximum absolute atomic E-state index is 15.4. The molecule has 1 aliphatic carbocycles. The summed E-state index contributed by atoms with van der Waals surface area (Å²) < 4.78 is 5.54. The number of azide groups is 1. The van der Waals surface area contributed by atoms with Gasteiger partial charge in [-0.25, -0.2) is 0 Å². The molecular weight excluding hydrogens is 1880 g/mol. The average molecular weight is 2020 g/mol. The molecule has 7 rings (SSSR count). The Labute approximate surface area is 838 Å². The van der Waals surface area contributed by atoms with Crippen LogP contribution in [0.15, 0.2) is 114 Å². The van der Waals surface area contributed by atoms with E-state index >= 15 is 33.6 Å². The van der Waals surface area contributed by atoms with Gasteiger partial charge in [0.1, 0.15) is 103 Å². The van der Waals surface area contributed by atoms with Crippen LogP contribution >= 0.6 is 11.8 Å². The van der Waals surface area contributed by atoms with Gasteiger partial charge in [-0.3, -0.25) is 86.3 Å². The SMILES string of the molecule is C#CCOc1ccc(C[C@@H]2NC(=O)[C@H](CN)NC(=O)CSC[C@@H](C(=O)N[C@@H](CCCN=[N+]=[N-])C(N)=O)NC(=O)[C@H]([C@@H](C)O)NC(=O)[C@H](C(C)C)NC(=O)[C@H](CC3CCCCC3)NC(=O)[C@H](CCN)NC(=O)[C@@H](CC(C)C)NC(=O)[C@H](CCCN)NC(=O)[C@H](CCC(=O)O)NC(=O)[C@H](Cc3ccc(-c4ccccc4)cc3)NC(=O)[C@H](C(C)C)NC(=O)[C@H](Cc3c[nH]c4ccccc34)NC(=O)[C@H](CC(=O)O)NC2=O)cc1. The predicted molar refractivity (Wildman–Crippen MR) is 533 cm³/mol. The molecule has 5 aromatic rings. The van der Waals surface area contributed by atoms with Crippen LogP contribution in [0.5, 0.6) is 5.75 Å². The van der Waals surface area contributed by atoms with E-state index in [4.69, 9.17) is 39.6 Å². The van der Waals surface area contributed by atoms with E-state index in [-0.39, 0.29) is 95.2 Å². The number of thioether (sulfide) groups is 1. The van der Waals surface area contributed by atoms with Gasteiger partial charge in [0.15, 0.2) is 0 Å². The number of carbonyl (C=O) groups is 18. The summed E-state index contributed by atoms with van der Waals surface area (Å²) in [5.41, 5.74) is 36.2. The van der Waals surface area contributed by atoms with Crippen LogP contribution in [0.1, 0.15) is 161 Å². The molecule has 1 saturated carbocycles. The highest BCUT2D eigenvalue weighted by Gasteiger charge is 2.42. The minimum absolute atomic E-state index is 0.00598. The van der Waals surface area contributed by atoms with Crippen LogP contribution in [0.4, 0.5) is 0 Å². The number of carbonyl (C=O) groups excluding carboxylic acids is 16. The number of nitrogens with two attached hydrogens (primary N) is 4. The van der Waals surface area contributed by atoms with E-state index in [0.717, 1.165) is 37.3 Å². The number of fused-ring (bicyclic) bond motifs is 1. The number of aliphatic hydroxyl groups excluding tert-OH is 1. The molecule has 0 spiro atoms. The summed E-state index contributed by atoms with van der Waals surface area (Å²) in [6.07, 6.45) is 4.33. The number of nitrogens with one attached hydrogen (secondary N) is 16. The molecule has 2 heterocycles. The number of para-hydroxylation sites is 1. The second-order valence-electron chi connectivity index (χ2n) is 36.8. The molecule has 0 unspecified atom stereocenters. The minimum atomic E-state index is -2.11. The number of ether oxygens (including phenoxy) is 1. The molecule has 1 aromatic heterocycles. The summed E-state index contributed by atoms with van der Waals surface area (Å²) in [6.45, 7) is 9.43. The van der Waals surface area contributed by atoms with E-state index in [2.05, 4.69) is 101 Å². The summed E-state index contributed by atoms with van der Waals surface area (Å²) in [5.74, 6) is -21.2. The summed E-state index contributed by atoms with van der Waals surface area (Å²) in [4.78, 5) is 268. The number of terminal acetylenes is 1. The molecule has 2 fully saturated rings. The number of aliphatic hydroxyl groups is 1. The molecule has 782 valence electrons. The van der Waals surface area contributed by atoms with Crippen molar-refractivity contribution in [3.63, 3.8) is 0 Å². The van der Waals surface area contributed by atoms with Crippen LogP contribution in [0.3, 0.4) is 0 Å².